The van der Waals surface area contributed by atoms with Crippen molar-refractivity contribution in [3.8, 4) is 0 Å². The normalized spacial score (nSPS) is 16.7. The molecule has 1 aromatic rings. The third-order valence-electron chi connectivity index (χ3n) is 4.30. The molecule has 1 atom stereocenters. The van der Waals surface area contributed by atoms with Gasteiger partial charge in [0.15, 0.2) is 0 Å². The summed E-state index contributed by atoms with van der Waals surface area (Å²) in [6.07, 6.45) is 3.55. The summed E-state index contributed by atoms with van der Waals surface area (Å²) in [6.45, 7) is 14.2. The highest BCUT2D eigenvalue weighted by molar-refractivity contribution is 5.58. The van der Waals surface area contributed by atoms with E-state index in [2.05, 4.69) is 52.2 Å². The molecule has 1 heterocycles. The van der Waals surface area contributed by atoms with Gasteiger partial charge in [-0.2, -0.15) is 0 Å². The van der Waals surface area contributed by atoms with E-state index >= 15 is 0 Å². The van der Waals surface area contributed by atoms with Crippen molar-refractivity contribution in [2.24, 2.45) is 5.41 Å². The molecule has 2 N–H and O–H groups in total. The Kier molecular flexibility index (Phi) is 4.74. The summed E-state index contributed by atoms with van der Waals surface area (Å²) in [5, 5.41) is 7.05. The average molecular weight is 290 g/mol. The van der Waals surface area contributed by atoms with Crippen molar-refractivity contribution in [1.82, 2.24) is 9.97 Å². The van der Waals surface area contributed by atoms with Gasteiger partial charge in [-0.05, 0) is 38.5 Å². The maximum absolute atomic E-state index is 4.79. The number of nitrogens with zero attached hydrogens (tertiary/aromatic N) is 2. The van der Waals surface area contributed by atoms with Crippen LogP contribution in [0.4, 0.5) is 11.6 Å². The molecule has 0 aromatic carbocycles. The van der Waals surface area contributed by atoms with Gasteiger partial charge in [0.2, 0.25) is 0 Å². The molecule has 2 rings (SSSR count). The van der Waals surface area contributed by atoms with Gasteiger partial charge in [-0.25, -0.2) is 9.97 Å². The van der Waals surface area contributed by atoms with Crippen LogP contribution in [0.2, 0.25) is 0 Å². The van der Waals surface area contributed by atoms with Crippen LogP contribution in [0.15, 0.2) is 0 Å². The van der Waals surface area contributed by atoms with Crippen LogP contribution in [0.25, 0.3) is 0 Å². The lowest BCUT2D eigenvalue weighted by Crippen LogP contribution is -2.31. The predicted molar refractivity (Wildman–Crippen MR) is 90.1 cm³/mol. The van der Waals surface area contributed by atoms with E-state index in [9.17, 15) is 0 Å². The minimum Gasteiger partial charge on any atom is -0.370 e. The Balaban J connectivity index is 2.27. The van der Waals surface area contributed by atoms with Gasteiger partial charge in [-0.1, -0.05) is 27.7 Å². The van der Waals surface area contributed by atoms with Gasteiger partial charge < -0.3 is 10.6 Å². The molecule has 1 aromatic heterocycles. The number of hydrogen-bond donors (Lipinski definition) is 2. The quantitative estimate of drug-likeness (QED) is 0.818. The number of nitrogens with one attached hydrogen (secondary N) is 2. The molecule has 0 bridgehead atoms. The Labute approximate surface area is 129 Å². The Morgan fingerprint density at radius 2 is 1.81 bits per heavy atom. The first-order chi connectivity index (χ1) is 9.82. The minimum absolute atomic E-state index is 0.203. The Morgan fingerprint density at radius 3 is 2.33 bits per heavy atom. The SMILES string of the molecule is CCCNc1nc(C2CC2)nc(NC(C)C(C)(C)C)c1C. The lowest BCUT2D eigenvalue weighted by atomic mass is 9.88. The van der Waals surface area contributed by atoms with Crippen LogP contribution in [-0.2, 0) is 0 Å². The number of anilines is 2. The number of aromatic nitrogens is 2. The van der Waals surface area contributed by atoms with Crippen molar-refractivity contribution in [3.05, 3.63) is 11.4 Å². The third-order valence-corrected chi connectivity index (χ3v) is 4.30. The summed E-state index contributed by atoms with van der Waals surface area (Å²) >= 11 is 0. The molecule has 0 aliphatic heterocycles. The van der Waals surface area contributed by atoms with Gasteiger partial charge in [0.25, 0.3) is 0 Å². The van der Waals surface area contributed by atoms with Crippen LogP contribution in [-0.4, -0.2) is 22.6 Å². The molecule has 1 aliphatic rings. The number of rotatable bonds is 6. The second-order valence-corrected chi connectivity index (χ2v) is 7.34. The van der Waals surface area contributed by atoms with Gasteiger partial charge in [0.05, 0.1) is 0 Å². The first-order valence-corrected chi connectivity index (χ1v) is 8.21. The van der Waals surface area contributed by atoms with Crippen LogP contribution in [0.3, 0.4) is 0 Å². The van der Waals surface area contributed by atoms with Crippen molar-refractivity contribution in [2.75, 3.05) is 17.2 Å². The van der Waals surface area contributed by atoms with Crippen LogP contribution >= 0.6 is 0 Å². The van der Waals surface area contributed by atoms with Gasteiger partial charge in [0, 0.05) is 24.1 Å². The first-order valence-electron chi connectivity index (χ1n) is 8.21. The monoisotopic (exact) mass is 290 g/mol. The average Bonchev–Trinajstić information content (AvgIpc) is 3.22. The van der Waals surface area contributed by atoms with E-state index < -0.39 is 0 Å². The third kappa shape index (κ3) is 4.08. The Bertz CT molecular complexity index is 486. The lowest BCUT2D eigenvalue weighted by Gasteiger charge is -2.29. The van der Waals surface area contributed by atoms with Gasteiger partial charge in [-0.3, -0.25) is 0 Å². The summed E-state index contributed by atoms with van der Waals surface area (Å²) in [4.78, 5) is 9.53. The second-order valence-electron chi connectivity index (χ2n) is 7.34. The van der Waals surface area contributed by atoms with Crippen LogP contribution in [0.5, 0.6) is 0 Å². The fraction of sp³-hybridized carbons (Fsp3) is 0.765. The van der Waals surface area contributed by atoms with Crippen molar-refractivity contribution >= 4 is 11.6 Å². The molecule has 4 heteroatoms. The van der Waals surface area contributed by atoms with E-state index in [-0.39, 0.29) is 5.41 Å². The zero-order valence-electron chi connectivity index (χ0n) is 14.4. The molecule has 1 aliphatic carbocycles. The van der Waals surface area contributed by atoms with Gasteiger partial charge in [0.1, 0.15) is 17.5 Å². The zero-order valence-corrected chi connectivity index (χ0v) is 14.4. The van der Waals surface area contributed by atoms with Crippen molar-refractivity contribution < 1.29 is 0 Å². The van der Waals surface area contributed by atoms with E-state index in [4.69, 9.17) is 9.97 Å². The Morgan fingerprint density at radius 1 is 1.19 bits per heavy atom. The van der Waals surface area contributed by atoms with Crippen LogP contribution < -0.4 is 10.6 Å². The highest BCUT2D eigenvalue weighted by Crippen LogP contribution is 2.39. The van der Waals surface area contributed by atoms with E-state index in [1.807, 2.05) is 0 Å². The molecule has 1 fully saturated rings. The van der Waals surface area contributed by atoms with E-state index in [0.29, 0.717) is 12.0 Å². The van der Waals surface area contributed by atoms with Crippen molar-refractivity contribution in [3.63, 3.8) is 0 Å². The maximum Gasteiger partial charge on any atom is 0.136 e. The minimum atomic E-state index is 0.203. The smallest absolute Gasteiger partial charge is 0.136 e. The molecule has 21 heavy (non-hydrogen) atoms. The summed E-state index contributed by atoms with van der Waals surface area (Å²) in [5.41, 5.74) is 1.33. The second kappa shape index (κ2) is 6.20. The zero-order chi connectivity index (χ0) is 15.6. The largest absolute Gasteiger partial charge is 0.370 e. The highest BCUT2D eigenvalue weighted by Gasteiger charge is 2.29. The molecule has 0 saturated heterocycles. The predicted octanol–water partition coefficient (Wildman–Crippen LogP) is 4.33. The molecule has 1 unspecified atom stereocenters. The highest BCUT2D eigenvalue weighted by atomic mass is 15.1. The van der Waals surface area contributed by atoms with E-state index in [1.165, 1.54) is 12.8 Å². The fourth-order valence-corrected chi connectivity index (χ4v) is 2.04. The summed E-state index contributed by atoms with van der Waals surface area (Å²) in [6, 6.07) is 0.358. The summed E-state index contributed by atoms with van der Waals surface area (Å²) < 4.78 is 0. The van der Waals surface area contributed by atoms with Crippen molar-refractivity contribution in [1.29, 1.82) is 0 Å². The van der Waals surface area contributed by atoms with Crippen molar-refractivity contribution in [2.45, 2.75) is 72.8 Å². The molecule has 0 radical (unpaired) electrons. The van der Waals surface area contributed by atoms with Crippen LogP contribution in [0.1, 0.15) is 71.2 Å². The van der Waals surface area contributed by atoms with Gasteiger partial charge >= 0.3 is 0 Å². The summed E-state index contributed by atoms with van der Waals surface area (Å²) in [7, 11) is 0. The molecule has 4 nitrogen and oxygen atoms in total. The Hall–Kier alpha value is -1.32. The standard InChI is InChI=1S/C17H30N4/c1-7-10-18-14-11(2)15(19-12(3)17(4,5)6)21-16(20-14)13-8-9-13/h12-13H,7-10H2,1-6H3,(H2,18,19,20,21). The molecule has 0 amide bonds. The fourth-order valence-electron chi connectivity index (χ4n) is 2.04. The molecule has 1 saturated carbocycles. The molecule has 0 spiro atoms. The molecular weight excluding hydrogens is 260 g/mol. The first kappa shape index (κ1) is 16.1. The maximum atomic E-state index is 4.79. The lowest BCUT2D eigenvalue weighted by molar-refractivity contribution is 0.358. The van der Waals surface area contributed by atoms with E-state index in [0.717, 1.165) is 36.0 Å². The summed E-state index contributed by atoms with van der Waals surface area (Å²) in [5.74, 6) is 3.56. The molecular formula is C17H30N4. The van der Waals surface area contributed by atoms with Crippen LogP contribution in [0, 0.1) is 12.3 Å². The topological polar surface area (TPSA) is 49.8 Å². The van der Waals surface area contributed by atoms with E-state index in [1.54, 1.807) is 0 Å². The van der Waals surface area contributed by atoms with Gasteiger partial charge in [-0.15, -0.1) is 0 Å². The number of hydrogen-bond acceptors (Lipinski definition) is 4. The molecule has 118 valence electrons.